The van der Waals surface area contributed by atoms with E-state index in [9.17, 15) is 32.5 Å². The first-order valence-corrected chi connectivity index (χ1v) is 8.81. The molecule has 0 aliphatic heterocycles. The maximum atomic E-state index is 13.9. The average Bonchev–Trinajstić information content (AvgIpc) is 3.07. The molecule has 1 aromatic heterocycles. The zero-order valence-electron chi connectivity index (χ0n) is 14.4. The van der Waals surface area contributed by atoms with Crippen molar-refractivity contribution in [1.29, 1.82) is 0 Å². The summed E-state index contributed by atoms with van der Waals surface area (Å²) in [6.45, 7) is 0. The molecule has 0 bridgehead atoms. The van der Waals surface area contributed by atoms with Crippen molar-refractivity contribution in [2.24, 2.45) is 0 Å². The minimum absolute atomic E-state index is 0.162. The van der Waals surface area contributed by atoms with Crippen molar-refractivity contribution in [3.63, 3.8) is 0 Å². The maximum Gasteiger partial charge on any atom is 0.416 e. The van der Waals surface area contributed by atoms with E-state index in [1.54, 1.807) is 0 Å². The fourth-order valence-corrected chi connectivity index (χ4v) is 3.27. The number of hydrogen-bond donors (Lipinski definition) is 1. The Bertz CT molecular complexity index is 1060. The first kappa shape index (κ1) is 20.4. The van der Waals surface area contributed by atoms with Crippen molar-refractivity contribution < 1.29 is 27.3 Å². The quantitative estimate of drug-likeness (QED) is 0.352. The van der Waals surface area contributed by atoms with Gasteiger partial charge in [0.2, 0.25) is 0 Å². The molecule has 0 spiro atoms. The fraction of sp³-hybridized carbons (Fsp3) is 0.111. The number of nitro benzene ring substituents is 1. The normalized spacial score (nSPS) is 11.3. The second kappa shape index (κ2) is 7.95. The van der Waals surface area contributed by atoms with E-state index in [1.807, 2.05) is 0 Å². The van der Waals surface area contributed by atoms with Crippen LogP contribution in [0.15, 0.2) is 48.7 Å². The van der Waals surface area contributed by atoms with Crippen molar-refractivity contribution in [2.75, 3.05) is 5.32 Å². The van der Waals surface area contributed by atoms with Gasteiger partial charge in [0, 0.05) is 23.6 Å². The number of anilines is 1. The van der Waals surface area contributed by atoms with Gasteiger partial charge in [0.05, 0.1) is 22.1 Å². The van der Waals surface area contributed by atoms with E-state index < -0.39 is 34.1 Å². The third-order valence-electron chi connectivity index (χ3n) is 3.84. The van der Waals surface area contributed by atoms with E-state index in [2.05, 4.69) is 10.3 Å². The first-order valence-electron chi connectivity index (χ1n) is 7.99. The standard InChI is InChI=1S/C18H11F4N3O3S/c19-15-8-12(25(27)28)5-6-14(15)16(26)24-17-23-9-13(29-17)7-10-1-3-11(4-2-10)18(20,21)22/h1-6,8-9H,7H2,(H,23,24,26). The summed E-state index contributed by atoms with van der Waals surface area (Å²) in [5, 5.41) is 13.2. The molecule has 0 fully saturated rings. The van der Waals surface area contributed by atoms with Gasteiger partial charge >= 0.3 is 6.18 Å². The number of carbonyl (C=O) groups excluding carboxylic acids is 1. The molecule has 0 saturated carbocycles. The fourth-order valence-electron chi connectivity index (χ4n) is 2.43. The van der Waals surface area contributed by atoms with Crippen LogP contribution in [0.2, 0.25) is 0 Å². The molecule has 1 heterocycles. The largest absolute Gasteiger partial charge is 0.416 e. The van der Waals surface area contributed by atoms with Crippen molar-refractivity contribution in [3.05, 3.63) is 86.2 Å². The van der Waals surface area contributed by atoms with E-state index >= 15 is 0 Å². The number of thiazole rings is 1. The van der Waals surface area contributed by atoms with Crippen molar-refractivity contribution in [3.8, 4) is 0 Å². The molecule has 11 heteroatoms. The molecule has 0 radical (unpaired) electrons. The number of benzene rings is 2. The second-order valence-electron chi connectivity index (χ2n) is 5.88. The summed E-state index contributed by atoms with van der Waals surface area (Å²) < 4.78 is 51.7. The van der Waals surface area contributed by atoms with Gasteiger partial charge in [-0.1, -0.05) is 12.1 Å². The summed E-state index contributed by atoms with van der Waals surface area (Å²) in [6.07, 6.45) is -2.66. The van der Waals surface area contributed by atoms with E-state index in [1.165, 1.54) is 18.3 Å². The summed E-state index contributed by atoms with van der Waals surface area (Å²) in [7, 11) is 0. The third-order valence-corrected chi connectivity index (χ3v) is 4.75. The lowest BCUT2D eigenvalue weighted by Crippen LogP contribution is -2.13. The molecule has 3 aromatic rings. The van der Waals surface area contributed by atoms with Gasteiger partial charge in [0.1, 0.15) is 5.82 Å². The number of rotatable bonds is 5. The van der Waals surface area contributed by atoms with E-state index in [-0.39, 0.29) is 10.7 Å². The van der Waals surface area contributed by atoms with Gasteiger partial charge in [-0.15, -0.1) is 11.3 Å². The van der Waals surface area contributed by atoms with Gasteiger partial charge in [0.15, 0.2) is 5.13 Å². The molecule has 0 aliphatic rings. The van der Waals surface area contributed by atoms with Crippen molar-refractivity contribution >= 4 is 28.1 Å². The first-order chi connectivity index (χ1) is 13.6. The lowest BCUT2D eigenvalue weighted by molar-refractivity contribution is -0.385. The number of alkyl halides is 3. The molecule has 0 atom stereocenters. The predicted molar refractivity (Wildman–Crippen MR) is 97.4 cm³/mol. The third kappa shape index (κ3) is 4.93. The number of nitro groups is 1. The minimum atomic E-state index is -4.41. The number of nitrogens with one attached hydrogen (secondary N) is 1. The Kier molecular flexibility index (Phi) is 5.59. The Balaban J connectivity index is 1.67. The molecule has 29 heavy (non-hydrogen) atoms. The molecule has 6 nitrogen and oxygen atoms in total. The smallest absolute Gasteiger partial charge is 0.298 e. The SMILES string of the molecule is O=C(Nc1ncc(Cc2ccc(C(F)(F)F)cc2)s1)c1ccc([N+](=O)[O-])cc1F. The molecule has 3 rings (SSSR count). The Morgan fingerprint density at radius 3 is 2.45 bits per heavy atom. The van der Waals surface area contributed by atoms with Gasteiger partial charge in [-0.3, -0.25) is 20.2 Å². The minimum Gasteiger partial charge on any atom is -0.298 e. The van der Waals surface area contributed by atoms with Gasteiger partial charge in [-0.05, 0) is 23.8 Å². The molecule has 1 N–H and O–H groups in total. The van der Waals surface area contributed by atoms with Crippen LogP contribution in [0.5, 0.6) is 0 Å². The highest BCUT2D eigenvalue weighted by Gasteiger charge is 2.29. The summed E-state index contributed by atoms with van der Waals surface area (Å²) in [4.78, 5) is 26.7. The number of non-ortho nitro benzene ring substituents is 1. The van der Waals surface area contributed by atoms with Crippen LogP contribution in [0, 0.1) is 15.9 Å². The van der Waals surface area contributed by atoms with E-state index in [0.717, 1.165) is 35.6 Å². The van der Waals surface area contributed by atoms with Gasteiger partial charge in [-0.2, -0.15) is 13.2 Å². The van der Waals surface area contributed by atoms with Gasteiger partial charge in [-0.25, -0.2) is 9.37 Å². The van der Waals surface area contributed by atoms with Crippen LogP contribution in [-0.4, -0.2) is 15.8 Å². The highest BCUT2D eigenvalue weighted by molar-refractivity contribution is 7.15. The molecular weight excluding hydrogens is 414 g/mol. The molecule has 0 saturated heterocycles. The van der Waals surface area contributed by atoms with Crippen LogP contribution in [0.1, 0.15) is 26.4 Å². The molecular formula is C18H11F4N3O3S. The Morgan fingerprint density at radius 1 is 1.17 bits per heavy atom. The second-order valence-corrected chi connectivity index (χ2v) is 6.99. The van der Waals surface area contributed by atoms with Crippen LogP contribution in [-0.2, 0) is 12.6 Å². The molecule has 1 amide bonds. The lowest BCUT2D eigenvalue weighted by Gasteiger charge is -2.06. The molecule has 0 aliphatic carbocycles. The van der Waals surface area contributed by atoms with Crippen LogP contribution in [0.3, 0.4) is 0 Å². The van der Waals surface area contributed by atoms with E-state index in [4.69, 9.17) is 0 Å². The van der Waals surface area contributed by atoms with Crippen LogP contribution in [0.4, 0.5) is 28.4 Å². The molecule has 2 aromatic carbocycles. The van der Waals surface area contributed by atoms with Gasteiger partial charge < -0.3 is 0 Å². The summed E-state index contributed by atoms with van der Waals surface area (Å²) in [5.74, 6) is -1.87. The highest BCUT2D eigenvalue weighted by atomic mass is 32.1. The Labute approximate surface area is 165 Å². The highest BCUT2D eigenvalue weighted by Crippen LogP contribution is 2.30. The number of hydrogen-bond acceptors (Lipinski definition) is 5. The monoisotopic (exact) mass is 425 g/mol. The summed E-state index contributed by atoms with van der Waals surface area (Å²) >= 11 is 1.08. The average molecular weight is 425 g/mol. The van der Waals surface area contributed by atoms with Crippen LogP contribution >= 0.6 is 11.3 Å². The maximum absolute atomic E-state index is 13.9. The van der Waals surface area contributed by atoms with Crippen molar-refractivity contribution in [2.45, 2.75) is 12.6 Å². The van der Waals surface area contributed by atoms with Gasteiger partial charge in [0.25, 0.3) is 11.6 Å². The molecule has 0 unspecified atom stereocenters. The number of nitrogens with zero attached hydrogens (tertiary/aromatic N) is 2. The number of amides is 1. The molecule has 150 valence electrons. The van der Waals surface area contributed by atoms with Crippen LogP contribution < -0.4 is 5.32 Å². The van der Waals surface area contributed by atoms with Crippen LogP contribution in [0.25, 0.3) is 0 Å². The number of aromatic nitrogens is 1. The topological polar surface area (TPSA) is 85.1 Å². The summed E-state index contributed by atoms with van der Waals surface area (Å²) in [5.41, 5.74) is -0.980. The lowest BCUT2D eigenvalue weighted by atomic mass is 10.1. The summed E-state index contributed by atoms with van der Waals surface area (Å²) in [6, 6.07) is 7.33. The Morgan fingerprint density at radius 2 is 1.86 bits per heavy atom. The zero-order chi connectivity index (χ0) is 21.2. The Hall–Kier alpha value is -3.34. The zero-order valence-corrected chi connectivity index (χ0v) is 15.2. The van der Waals surface area contributed by atoms with Crippen molar-refractivity contribution in [1.82, 2.24) is 4.98 Å². The van der Waals surface area contributed by atoms with E-state index in [0.29, 0.717) is 22.9 Å². The number of halogens is 4. The predicted octanol–water partition coefficient (Wildman–Crippen LogP) is 5.05. The number of carbonyl (C=O) groups is 1.